The quantitative estimate of drug-likeness (QED) is 0.373. The van der Waals surface area contributed by atoms with Gasteiger partial charge in [-0.05, 0) is 48.9 Å². The molecule has 6 heteroatoms. The Labute approximate surface area is 171 Å². The van der Waals surface area contributed by atoms with Gasteiger partial charge in [-0.25, -0.2) is 0 Å². The number of thiocarbonyl (C=S) groups is 1. The van der Waals surface area contributed by atoms with Gasteiger partial charge in [-0.1, -0.05) is 59.8 Å². The highest BCUT2D eigenvalue weighted by molar-refractivity contribution is 8.27. The molecular weight excluding hydrogens is 398 g/mol. The van der Waals surface area contributed by atoms with Crippen molar-refractivity contribution in [2.75, 3.05) is 4.90 Å². The van der Waals surface area contributed by atoms with E-state index < -0.39 is 0 Å². The monoisotopic (exact) mass is 411 g/mol. The number of rotatable bonds is 3. The van der Waals surface area contributed by atoms with Crippen LogP contribution in [0.3, 0.4) is 0 Å². The topological polar surface area (TPSA) is 33.5 Å². The number of aryl methyl sites for hydroxylation is 1. The molecule has 0 bridgehead atoms. The van der Waals surface area contributed by atoms with Crippen LogP contribution in [0.1, 0.15) is 11.3 Å². The van der Waals surface area contributed by atoms with E-state index in [2.05, 4.69) is 0 Å². The van der Waals surface area contributed by atoms with Gasteiger partial charge in [-0.2, -0.15) is 0 Å². The fourth-order valence-corrected chi connectivity index (χ4v) is 4.28. The Balaban J connectivity index is 1.63. The number of hydrogen-bond acceptors (Lipinski definition) is 4. The van der Waals surface area contributed by atoms with Crippen molar-refractivity contribution in [2.24, 2.45) is 0 Å². The van der Waals surface area contributed by atoms with Crippen molar-refractivity contribution in [2.45, 2.75) is 6.92 Å². The lowest BCUT2D eigenvalue weighted by Gasteiger charge is -2.13. The van der Waals surface area contributed by atoms with Crippen LogP contribution in [-0.4, -0.2) is 10.2 Å². The number of carbonyl (C=O) groups is 1. The maximum absolute atomic E-state index is 12.8. The molecule has 2 aromatic carbocycles. The van der Waals surface area contributed by atoms with E-state index in [1.54, 1.807) is 6.08 Å². The van der Waals surface area contributed by atoms with Crippen molar-refractivity contribution in [3.8, 4) is 11.3 Å². The lowest BCUT2D eigenvalue weighted by molar-refractivity contribution is -0.113. The van der Waals surface area contributed by atoms with Gasteiger partial charge in [0.1, 0.15) is 11.5 Å². The number of thioether (sulfide) groups is 1. The second kappa shape index (κ2) is 7.35. The van der Waals surface area contributed by atoms with Crippen molar-refractivity contribution in [1.82, 2.24) is 0 Å². The number of furan rings is 1. The number of para-hydroxylation sites is 1. The lowest BCUT2D eigenvalue weighted by atomic mass is 10.1. The van der Waals surface area contributed by atoms with Crippen molar-refractivity contribution in [3.05, 3.63) is 81.9 Å². The maximum Gasteiger partial charge on any atom is 0.270 e. The summed E-state index contributed by atoms with van der Waals surface area (Å²) >= 11 is 12.8. The molecule has 0 unspecified atom stereocenters. The van der Waals surface area contributed by atoms with E-state index in [1.165, 1.54) is 16.7 Å². The standard InChI is InChI=1S/C21H14ClNO2S2/c1-13-7-8-14(22)11-17(13)18-10-9-16(25-18)12-19-20(24)23(21(26)27-19)15-5-3-2-4-6-15/h2-12H,1H3/b19-12-. The zero-order valence-electron chi connectivity index (χ0n) is 14.3. The van der Waals surface area contributed by atoms with Crippen LogP contribution < -0.4 is 4.90 Å². The number of benzene rings is 2. The van der Waals surface area contributed by atoms with Gasteiger partial charge in [0.05, 0.1) is 10.6 Å². The van der Waals surface area contributed by atoms with Gasteiger partial charge in [0.25, 0.3) is 5.91 Å². The fraction of sp³-hybridized carbons (Fsp3) is 0.0476. The minimum atomic E-state index is -0.145. The van der Waals surface area contributed by atoms with E-state index in [9.17, 15) is 4.79 Å². The molecule has 0 spiro atoms. The predicted molar refractivity (Wildman–Crippen MR) is 116 cm³/mol. The molecule has 0 radical (unpaired) electrons. The highest BCUT2D eigenvalue weighted by Crippen LogP contribution is 2.37. The Kier molecular flexibility index (Phi) is 4.91. The summed E-state index contributed by atoms with van der Waals surface area (Å²) in [5, 5.41) is 0.650. The van der Waals surface area contributed by atoms with Crippen LogP contribution in [-0.2, 0) is 4.79 Å². The molecule has 1 aliphatic rings. The predicted octanol–water partition coefficient (Wildman–Crippen LogP) is 6.31. The zero-order valence-corrected chi connectivity index (χ0v) is 16.7. The molecule has 2 heterocycles. The Bertz CT molecular complexity index is 1070. The minimum Gasteiger partial charge on any atom is -0.457 e. The van der Waals surface area contributed by atoms with Crippen LogP contribution >= 0.6 is 35.6 Å². The normalized spacial score (nSPS) is 15.8. The van der Waals surface area contributed by atoms with E-state index in [4.69, 9.17) is 28.2 Å². The third-order valence-electron chi connectivity index (χ3n) is 4.17. The molecule has 0 saturated carbocycles. The summed E-state index contributed by atoms with van der Waals surface area (Å²) in [5.41, 5.74) is 2.76. The first-order valence-electron chi connectivity index (χ1n) is 8.22. The summed E-state index contributed by atoms with van der Waals surface area (Å²) < 4.78 is 6.44. The van der Waals surface area contributed by atoms with E-state index in [0.717, 1.165) is 16.8 Å². The molecule has 3 nitrogen and oxygen atoms in total. The molecule has 1 saturated heterocycles. The third kappa shape index (κ3) is 3.58. The molecule has 0 N–H and O–H groups in total. The van der Waals surface area contributed by atoms with Gasteiger partial charge in [-0.3, -0.25) is 9.69 Å². The Hall–Kier alpha value is -2.34. The largest absolute Gasteiger partial charge is 0.457 e. The average Bonchev–Trinajstić information content (AvgIpc) is 3.23. The second-order valence-corrected chi connectivity index (χ2v) is 8.13. The number of carbonyl (C=O) groups excluding carboxylic acids is 1. The number of anilines is 1. The molecule has 3 aromatic rings. The summed E-state index contributed by atoms with van der Waals surface area (Å²) in [7, 11) is 0. The van der Waals surface area contributed by atoms with Crippen molar-refractivity contribution in [1.29, 1.82) is 0 Å². The van der Waals surface area contributed by atoms with E-state index >= 15 is 0 Å². The van der Waals surface area contributed by atoms with Crippen LogP contribution in [0.2, 0.25) is 5.02 Å². The molecule has 0 atom stereocenters. The molecule has 4 rings (SSSR count). The summed E-state index contributed by atoms with van der Waals surface area (Å²) in [6.07, 6.45) is 1.73. The number of hydrogen-bond donors (Lipinski definition) is 0. The van der Waals surface area contributed by atoms with E-state index in [-0.39, 0.29) is 5.91 Å². The van der Waals surface area contributed by atoms with Crippen molar-refractivity contribution >= 4 is 57.6 Å². The summed E-state index contributed by atoms with van der Waals surface area (Å²) in [5.74, 6) is 1.16. The second-order valence-electron chi connectivity index (χ2n) is 6.01. The summed E-state index contributed by atoms with van der Waals surface area (Å²) in [6.45, 7) is 2.00. The van der Waals surface area contributed by atoms with Crippen LogP contribution in [0.25, 0.3) is 17.4 Å². The molecule has 1 fully saturated rings. The molecule has 0 aliphatic carbocycles. The summed E-state index contributed by atoms with van der Waals surface area (Å²) in [6, 6.07) is 18.8. The fourth-order valence-electron chi connectivity index (χ4n) is 2.83. The Morgan fingerprint density at radius 2 is 1.89 bits per heavy atom. The number of nitrogens with zero attached hydrogens (tertiary/aromatic N) is 1. The minimum absolute atomic E-state index is 0.145. The van der Waals surface area contributed by atoms with Gasteiger partial charge in [0.2, 0.25) is 0 Å². The van der Waals surface area contributed by atoms with Crippen LogP contribution in [0.4, 0.5) is 5.69 Å². The van der Waals surface area contributed by atoms with E-state index in [0.29, 0.717) is 25.8 Å². The highest BCUT2D eigenvalue weighted by Gasteiger charge is 2.33. The molecule has 1 aromatic heterocycles. The van der Waals surface area contributed by atoms with Crippen LogP contribution in [0, 0.1) is 6.92 Å². The van der Waals surface area contributed by atoms with Gasteiger partial charge in [-0.15, -0.1) is 0 Å². The van der Waals surface area contributed by atoms with Crippen LogP contribution in [0.15, 0.2) is 70.0 Å². The molecule has 134 valence electrons. The van der Waals surface area contributed by atoms with Crippen molar-refractivity contribution < 1.29 is 9.21 Å². The van der Waals surface area contributed by atoms with Gasteiger partial charge >= 0.3 is 0 Å². The van der Waals surface area contributed by atoms with Crippen molar-refractivity contribution in [3.63, 3.8) is 0 Å². The van der Waals surface area contributed by atoms with Crippen LogP contribution in [0.5, 0.6) is 0 Å². The first-order chi connectivity index (χ1) is 13.0. The average molecular weight is 412 g/mol. The molecular formula is C21H14ClNO2S2. The molecule has 1 aliphatic heterocycles. The third-order valence-corrected chi connectivity index (χ3v) is 5.71. The van der Waals surface area contributed by atoms with E-state index in [1.807, 2.05) is 67.6 Å². The molecule has 1 amide bonds. The van der Waals surface area contributed by atoms with Gasteiger partial charge < -0.3 is 4.42 Å². The Morgan fingerprint density at radius 3 is 2.67 bits per heavy atom. The first-order valence-corrected chi connectivity index (χ1v) is 9.82. The molecule has 27 heavy (non-hydrogen) atoms. The number of amides is 1. The number of halogens is 1. The highest BCUT2D eigenvalue weighted by atomic mass is 35.5. The Morgan fingerprint density at radius 1 is 1.11 bits per heavy atom. The lowest BCUT2D eigenvalue weighted by Crippen LogP contribution is -2.27. The smallest absolute Gasteiger partial charge is 0.270 e. The first kappa shape index (κ1) is 18.0. The van der Waals surface area contributed by atoms with Gasteiger partial charge in [0.15, 0.2) is 4.32 Å². The SMILES string of the molecule is Cc1ccc(Cl)cc1-c1ccc(/C=C2\SC(=S)N(c3ccccc3)C2=O)o1. The maximum atomic E-state index is 12.8. The van der Waals surface area contributed by atoms with Gasteiger partial charge in [0, 0.05) is 16.7 Å². The summed E-state index contributed by atoms with van der Waals surface area (Å²) in [4.78, 5) is 14.9. The zero-order chi connectivity index (χ0) is 19.0.